The molecular formula is C15H12N2O3S. The Morgan fingerprint density at radius 2 is 2.10 bits per heavy atom. The van der Waals surface area contributed by atoms with E-state index < -0.39 is 5.97 Å². The van der Waals surface area contributed by atoms with Crippen molar-refractivity contribution in [1.82, 2.24) is 9.97 Å². The predicted molar refractivity (Wildman–Crippen MR) is 79.5 cm³/mol. The van der Waals surface area contributed by atoms with E-state index in [1.54, 1.807) is 12.1 Å². The minimum absolute atomic E-state index is 0.157. The van der Waals surface area contributed by atoms with Gasteiger partial charge in [0.15, 0.2) is 0 Å². The Kier molecular flexibility index (Phi) is 3.79. The Balaban J connectivity index is 1.67. The largest absolute Gasteiger partial charge is 0.481 e. The number of ether oxygens (including phenoxy) is 2. The average Bonchev–Trinajstić information content (AvgIpc) is 2.95. The van der Waals surface area contributed by atoms with Gasteiger partial charge < -0.3 is 9.47 Å². The molecule has 0 bridgehead atoms. The van der Waals surface area contributed by atoms with Gasteiger partial charge in [-0.3, -0.25) is 0 Å². The normalized spacial score (nSPS) is 10.5. The van der Waals surface area contributed by atoms with Crippen molar-refractivity contribution < 1.29 is 14.3 Å². The summed E-state index contributed by atoms with van der Waals surface area (Å²) in [7, 11) is 1.52. The highest BCUT2D eigenvalue weighted by Crippen LogP contribution is 2.22. The summed E-state index contributed by atoms with van der Waals surface area (Å²) in [6.45, 7) is 0.157. The second-order valence-electron chi connectivity index (χ2n) is 4.24. The van der Waals surface area contributed by atoms with Crippen LogP contribution in [0.5, 0.6) is 5.88 Å². The molecule has 106 valence electrons. The summed E-state index contributed by atoms with van der Waals surface area (Å²) in [5, 5.41) is 0.769. The maximum absolute atomic E-state index is 11.9. The first-order chi connectivity index (χ1) is 10.3. The lowest BCUT2D eigenvalue weighted by Crippen LogP contribution is -2.05. The minimum Gasteiger partial charge on any atom is -0.481 e. The number of thiazole rings is 1. The highest BCUT2D eigenvalue weighted by molar-refractivity contribution is 7.18. The molecule has 0 atom stereocenters. The third-order valence-electron chi connectivity index (χ3n) is 2.85. The Morgan fingerprint density at radius 3 is 2.81 bits per heavy atom. The molecule has 5 nitrogen and oxygen atoms in total. The number of rotatable bonds is 4. The molecular weight excluding hydrogens is 288 g/mol. The van der Waals surface area contributed by atoms with Gasteiger partial charge >= 0.3 is 5.97 Å². The fourth-order valence-electron chi connectivity index (χ4n) is 1.81. The molecule has 0 aliphatic rings. The van der Waals surface area contributed by atoms with Crippen LogP contribution in [0.25, 0.3) is 10.2 Å². The van der Waals surface area contributed by atoms with E-state index in [9.17, 15) is 4.79 Å². The smallest absolute Gasteiger partial charge is 0.340 e. The lowest BCUT2D eigenvalue weighted by atomic mass is 10.3. The molecule has 2 aromatic heterocycles. The van der Waals surface area contributed by atoms with Crippen molar-refractivity contribution in [3.8, 4) is 5.88 Å². The molecule has 0 N–H and O–H groups in total. The standard InChI is InChI=1S/C15H12N2O3S/c1-19-13-7-6-10(8-16-13)15(18)20-9-14-17-11-4-2-3-5-12(11)21-14/h2-8H,9H2,1H3. The van der Waals surface area contributed by atoms with Gasteiger partial charge in [0.25, 0.3) is 0 Å². The second-order valence-corrected chi connectivity index (χ2v) is 5.36. The van der Waals surface area contributed by atoms with Gasteiger partial charge in [0, 0.05) is 12.3 Å². The highest BCUT2D eigenvalue weighted by Gasteiger charge is 2.10. The lowest BCUT2D eigenvalue weighted by molar-refractivity contribution is 0.0472. The van der Waals surface area contributed by atoms with Crippen molar-refractivity contribution >= 4 is 27.5 Å². The van der Waals surface area contributed by atoms with Crippen molar-refractivity contribution in [1.29, 1.82) is 0 Å². The Labute approximate surface area is 125 Å². The number of pyridine rings is 1. The van der Waals surface area contributed by atoms with E-state index in [2.05, 4.69) is 9.97 Å². The fourth-order valence-corrected chi connectivity index (χ4v) is 2.69. The molecule has 6 heteroatoms. The topological polar surface area (TPSA) is 61.3 Å². The first-order valence-electron chi connectivity index (χ1n) is 6.28. The summed E-state index contributed by atoms with van der Waals surface area (Å²) < 4.78 is 11.3. The van der Waals surface area contributed by atoms with E-state index in [0.717, 1.165) is 15.2 Å². The summed E-state index contributed by atoms with van der Waals surface area (Å²) in [6, 6.07) is 11.1. The molecule has 0 saturated carbocycles. The van der Waals surface area contributed by atoms with Crippen LogP contribution in [0.15, 0.2) is 42.6 Å². The summed E-state index contributed by atoms with van der Waals surface area (Å²) in [5.74, 6) is 0.0298. The number of hydrogen-bond donors (Lipinski definition) is 0. The van der Waals surface area contributed by atoms with E-state index in [0.29, 0.717) is 11.4 Å². The van der Waals surface area contributed by atoms with E-state index in [1.807, 2.05) is 24.3 Å². The molecule has 0 aliphatic heterocycles. The lowest BCUT2D eigenvalue weighted by Gasteiger charge is -2.03. The molecule has 0 spiro atoms. The molecule has 1 aromatic carbocycles. The summed E-state index contributed by atoms with van der Waals surface area (Å²) in [6.07, 6.45) is 1.43. The van der Waals surface area contributed by atoms with Crippen molar-refractivity contribution in [3.05, 3.63) is 53.2 Å². The zero-order chi connectivity index (χ0) is 14.7. The average molecular weight is 300 g/mol. The summed E-state index contributed by atoms with van der Waals surface area (Å²) in [5.41, 5.74) is 1.30. The van der Waals surface area contributed by atoms with Gasteiger partial charge in [0.2, 0.25) is 5.88 Å². The molecule has 0 radical (unpaired) electrons. The quantitative estimate of drug-likeness (QED) is 0.693. The Bertz CT molecular complexity index is 735. The van der Waals surface area contributed by atoms with Gasteiger partial charge in [-0.05, 0) is 18.2 Å². The number of para-hydroxylation sites is 1. The monoisotopic (exact) mass is 300 g/mol. The van der Waals surface area contributed by atoms with Gasteiger partial charge in [-0.25, -0.2) is 14.8 Å². The molecule has 0 saturated heterocycles. The second kappa shape index (κ2) is 5.88. The number of methoxy groups -OCH3 is 1. The minimum atomic E-state index is -0.426. The fraction of sp³-hybridized carbons (Fsp3) is 0.133. The van der Waals surface area contributed by atoms with Crippen LogP contribution in [0.4, 0.5) is 0 Å². The van der Waals surface area contributed by atoms with Crippen LogP contribution >= 0.6 is 11.3 Å². The molecule has 3 aromatic rings. The van der Waals surface area contributed by atoms with Gasteiger partial charge in [-0.2, -0.15) is 0 Å². The SMILES string of the molecule is COc1ccc(C(=O)OCc2nc3ccccc3s2)cn1. The van der Waals surface area contributed by atoms with Crippen molar-refractivity contribution in [3.63, 3.8) is 0 Å². The number of esters is 1. The van der Waals surface area contributed by atoms with Crippen molar-refractivity contribution in [2.24, 2.45) is 0 Å². The maximum atomic E-state index is 11.9. The Hall–Kier alpha value is -2.47. The predicted octanol–water partition coefficient (Wildman–Crippen LogP) is 3.06. The third-order valence-corrected chi connectivity index (χ3v) is 3.86. The van der Waals surface area contributed by atoms with Crippen LogP contribution in [0, 0.1) is 0 Å². The van der Waals surface area contributed by atoms with E-state index in [-0.39, 0.29) is 6.61 Å². The van der Waals surface area contributed by atoms with E-state index >= 15 is 0 Å². The van der Waals surface area contributed by atoms with Gasteiger partial charge in [-0.15, -0.1) is 11.3 Å². The molecule has 0 aliphatic carbocycles. The molecule has 21 heavy (non-hydrogen) atoms. The van der Waals surface area contributed by atoms with Crippen LogP contribution in [-0.2, 0) is 11.3 Å². The van der Waals surface area contributed by atoms with Crippen LogP contribution in [0.2, 0.25) is 0 Å². The van der Waals surface area contributed by atoms with Gasteiger partial charge in [0.1, 0.15) is 11.6 Å². The summed E-state index contributed by atoms with van der Waals surface area (Å²) >= 11 is 1.52. The Morgan fingerprint density at radius 1 is 1.24 bits per heavy atom. The van der Waals surface area contributed by atoms with Crippen molar-refractivity contribution in [2.45, 2.75) is 6.61 Å². The zero-order valence-electron chi connectivity index (χ0n) is 11.3. The number of carbonyl (C=O) groups excluding carboxylic acids is 1. The van der Waals surface area contributed by atoms with E-state index in [4.69, 9.17) is 9.47 Å². The van der Waals surface area contributed by atoms with Gasteiger partial charge in [0.05, 0.1) is 22.9 Å². The molecule has 2 heterocycles. The molecule has 0 fully saturated rings. The highest BCUT2D eigenvalue weighted by atomic mass is 32.1. The first-order valence-corrected chi connectivity index (χ1v) is 7.09. The number of aromatic nitrogens is 2. The summed E-state index contributed by atoms with van der Waals surface area (Å²) in [4.78, 5) is 20.3. The maximum Gasteiger partial charge on any atom is 0.340 e. The zero-order valence-corrected chi connectivity index (χ0v) is 12.1. The van der Waals surface area contributed by atoms with Crippen LogP contribution in [-0.4, -0.2) is 23.0 Å². The molecule has 0 amide bonds. The molecule has 3 rings (SSSR count). The van der Waals surface area contributed by atoms with Crippen LogP contribution in [0.1, 0.15) is 15.4 Å². The van der Waals surface area contributed by atoms with Crippen LogP contribution < -0.4 is 4.74 Å². The molecule has 0 unspecified atom stereocenters. The number of benzene rings is 1. The number of nitrogens with zero attached hydrogens (tertiary/aromatic N) is 2. The van der Waals surface area contributed by atoms with Crippen LogP contribution in [0.3, 0.4) is 0 Å². The number of fused-ring (bicyclic) bond motifs is 1. The van der Waals surface area contributed by atoms with Gasteiger partial charge in [-0.1, -0.05) is 12.1 Å². The third kappa shape index (κ3) is 3.00. The van der Waals surface area contributed by atoms with Crippen molar-refractivity contribution in [2.75, 3.05) is 7.11 Å². The van der Waals surface area contributed by atoms with E-state index in [1.165, 1.54) is 24.6 Å². The first kappa shape index (κ1) is 13.5. The number of hydrogen-bond acceptors (Lipinski definition) is 6. The number of carbonyl (C=O) groups is 1.